The van der Waals surface area contributed by atoms with Gasteiger partial charge in [0.15, 0.2) is 5.69 Å². The van der Waals surface area contributed by atoms with Gasteiger partial charge in [-0.15, -0.1) is 0 Å². The molecule has 0 saturated carbocycles. The Morgan fingerprint density at radius 1 is 1.38 bits per heavy atom. The van der Waals surface area contributed by atoms with Crippen molar-refractivity contribution in [1.82, 2.24) is 9.47 Å². The lowest BCUT2D eigenvalue weighted by molar-refractivity contribution is 0.0590. The number of nitriles is 1. The fourth-order valence-corrected chi connectivity index (χ4v) is 2.42. The Morgan fingerprint density at radius 3 is 2.58 bits per heavy atom. The third-order valence-corrected chi connectivity index (χ3v) is 3.59. The van der Waals surface area contributed by atoms with E-state index in [-0.39, 0.29) is 5.69 Å². The van der Waals surface area contributed by atoms with Crippen LogP contribution in [-0.2, 0) is 11.3 Å². The van der Waals surface area contributed by atoms with E-state index in [4.69, 9.17) is 4.74 Å². The van der Waals surface area contributed by atoms with Crippen molar-refractivity contribution < 1.29 is 9.53 Å². The number of carbonyl (C=O) groups is 1. The van der Waals surface area contributed by atoms with Gasteiger partial charge in [0.25, 0.3) is 0 Å². The first-order valence-corrected chi connectivity index (χ1v) is 7.45. The van der Waals surface area contributed by atoms with Crippen LogP contribution >= 0.6 is 0 Å². The van der Waals surface area contributed by atoms with Gasteiger partial charge < -0.3 is 14.2 Å². The average molecular weight is 324 g/mol. The second-order valence-corrected chi connectivity index (χ2v) is 5.54. The molecule has 0 N–H and O–H groups in total. The maximum absolute atomic E-state index is 12.3. The Bertz CT molecular complexity index is 799. The summed E-state index contributed by atoms with van der Waals surface area (Å²) in [7, 11) is 4.96. The molecule has 6 heteroatoms. The largest absolute Gasteiger partial charge is 0.464 e. The molecule has 0 unspecified atom stereocenters. The number of aromatic nitrogens is 1. The molecule has 0 spiro atoms. The van der Waals surface area contributed by atoms with Crippen LogP contribution in [0.15, 0.2) is 35.3 Å². The molecular weight excluding hydrogens is 304 g/mol. The molecule has 0 aliphatic rings. The molecule has 124 valence electrons. The fourth-order valence-electron chi connectivity index (χ4n) is 2.42. The third kappa shape index (κ3) is 3.46. The highest BCUT2D eigenvalue weighted by Gasteiger charge is 2.26. The molecule has 2 aromatic rings. The van der Waals surface area contributed by atoms with Crippen LogP contribution in [0.3, 0.4) is 0 Å². The fraction of sp³-hybridized carbons (Fsp3) is 0.278. The summed E-state index contributed by atoms with van der Waals surface area (Å²) in [4.78, 5) is 18.4. The lowest BCUT2D eigenvalue weighted by Gasteiger charge is -2.11. The zero-order valence-electron chi connectivity index (χ0n) is 14.3. The van der Waals surface area contributed by atoms with Crippen LogP contribution in [0, 0.1) is 18.3 Å². The van der Waals surface area contributed by atoms with Gasteiger partial charge in [0.2, 0.25) is 0 Å². The van der Waals surface area contributed by atoms with Gasteiger partial charge in [-0.1, -0.05) is 30.3 Å². The van der Waals surface area contributed by atoms with Gasteiger partial charge in [0.1, 0.15) is 11.8 Å². The molecule has 1 heterocycles. The van der Waals surface area contributed by atoms with Crippen molar-refractivity contribution in [1.29, 1.82) is 5.26 Å². The number of carbonyl (C=O) groups excluding carboxylic acids is 1. The molecule has 0 aliphatic carbocycles. The summed E-state index contributed by atoms with van der Waals surface area (Å²) in [6.07, 6.45) is 1.56. The molecule has 24 heavy (non-hydrogen) atoms. The smallest absolute Gasteiger partial charge is 0.357 e. The predicted octanol–water partition coefficient (Wildman–Crippen LogP) is 2.72. The maximum atomic E-state index is 12.3. The van der Waals surface area contributed by atoms with Crippen LogP contribution in [0.25, 0.3) is 0 Å². The van der Waals surface area contributed by atoms with Gasteiger partial charge in [0.05, 0.1) is 19.0 Å². The number of hydrogen-bond acceptors (Lipinski definition) is 4. The molecule has 0 radical (unpaired) electrons. The SMILES string of the molecule is COC(=O)c1c(N=CN(C)C)c(C#N)c(C)n1Cc1ccccc1. The highest BCUT2D eigenvalue weighted by Crippen LogP contribution is 2.31. The highest BCUT2D eigenvalue weighted by molar-refractivity contribution is 5.96. The van der Waals surface area contributed by atoms with Crippen LogP contribution in [0.1, 0.15) is 27.3 Å². The van der Waals surface area contributed by atoms with E-state index in [1.807, 2.05) is 51.4 Å². The lowest BCUT2D eigenvalue weighted by atomic mass is 10.2. The first kappa shape index (κ1) is 17.3. The van der Waals surface area contributed by atoms with Gasteiger partial charge in [-0.05, 0) is 12.5 Å². The van der Waals surface area contributed by atoms with E-state index in [1.54, 1.807) is 15.8 Å². The Morgan fingerprint density at radius 2 is 2.04 bits per heavy atom. The van der Waals surface area contributed by atoms with Crippen LogP contribution in [0.4, 0.5) is 5.69 Å². The number of aliphatic imine (C=N–C) groups is 1. The number of esters is 1. The molecule has 0 atom stereocenters. The van der Waals surface area contributed by atoms with Gasteiger partial charge in [-0.25, -0.2) is 9.79 Å². The normalized spacial score (nSPS) is 10.6. The molecule has 0 fully saturated rings. The summed E-state index contributed by atoms with van der Waals surface area (Å²) >= 11 is 0. The quantitative estimate of drug-likeness (QED) is 0.482. The van der Waals surface area contributed by atoms with Crippen molar-refractivity contribution in [2.45, 2.75) is 13.5 Å². The van der Waals surface area contributed by atoms with Crippen LogP contribution in [0.2, 0.25) is 0 Å². The average Bonchev–Trinajstić information content (AvgIpc) is 2.84. The second kappa shape index (κ2) is 7.47. The number of rotatable bonds is 5. The van der Waals surface area contributed by atoms with Crippen molar-refractivity contribution in [2.24, 2.45) is 4.99 Å². The number of methoxy groups -OCH3 is 1. The van der Waals surface area contributed by atoms with E-state index in [2.05, 4.69) is 11.1 Å². The van der Waals surface area contributed by atoms with Crippen molar-refractivity contribution in [2.75, 3.05) is 21.2 Å². The number of hydrogen-bond donors (Lipinski definition) is 0. The topological polar surface area (TPSA) is 70.6 Å². The summed E-state index contributed by atoms with van der Waals surface area (Å²) in [5.74, 6) is -0.513. The zero-order valence-corrected chi connectivity index (χ0v) is 14.3. The lowest BCUT2D eigenvalue weighted by Crippen LogP contribution is -2.13. The zero-order chi connectivity index (χ0) is 17.7. The molecular formula is C18H20N4O2. The summed E-state index contributed by atoms with van der Waals surface area (Å²) in [5, 5.41) is 9.52. The number of nitrogens with zero attached hydrogens (tertiary/aromatic N) is 4. The maximum Gasteiger partial charge on any atom is 0.357 e. The Balaban J connectivity index is 2.65. The molecule has 0 saturated heterocycles. The van der Waals surface area contributed by atoms with Crippen LogP contribution < -0.4 is 0 Å². The van der Waals surface area contributed by atoms with Gasteiger partial charge in [-0.2, -0.15) is 5.26 Å². The minimum atomic E-state index is -0.513. The molecule has 1 aromatic heterocycles. The molecule has 0 bridgehead atoms. The van der Waals surface area contributed by atoms with Gasteiger partial charge in [-0.3, -0.25) is 0 Å². The van der Waals surface area contributed by atoms with Crippen LogP contribution in [-0.4, -0.2) is 43.0 Å². The molecule has 2 rings (SSSR count). The Kier molecular flexibility index (Phi) is 5.38. The monoisotopic (exact) mass is 324 g/mol. The first-order valence-electron chi connectivity index (χ1n) is 7.45. The third-order valence-electron chi connectivity index (χ3n) is 3.59. The van der Waals surface area contributed by atoms with E-state index < -0.39 is 5.97 Å². The minimum absolute atomic E-state index is 0.286. The second-order valence-electron chi connectivity index (χ2n) is 5.54. The van der Waals surface area contributed by atoms with Crippen LogP contribution in [0.5, 0.6) is 0 Å². The van der Waals surface area contributed by atoms with E-state index in [1.165, 1.54) is 7.11 Å². The minimum Gasteiger partial charge on any atom is -0.464 e. The molecule has 0 aliphatic heterocycles. The van der Waals surface area contributed by atoms with Gasteiger partial charge >= 0.3 is 5.97 Å². The van der Waals surface area contributed by atoms with E-state index in [9.17, 15) is 10.1 Å². The number of benzene rings is 1. The van der Waals surface area contributed by atoms with E-state index in [0.717, 1.165) is 5.56 Å². The standard InChI is InChI=1S/C18H20N4O2/c1-13-15(10-19)16(20-12-21(2)3)17(18(23)24-4)22(13)11-14-8-6-5-7-9-14/h5-9,12H,11H2,1-4H3. The summed E-state index contributed by atoms with van der Waals surface area (Å²) in [5.41, 5.74) is 2.71. The Labute approximate surface area is 141 Å². The molecule has 0 amide bonds. The Hall–Kier alpha value is -3.07. The van der Waals surface area contributed by atoms with Crippen molar-refractivity contribution in [3.05, 3.63) is 52.8 Å². The predicted molar refractivity (Wildman–Crippen MR) is 92.6 cm³/mol. The van der Waals surface area contributed by atoms with E-state index >= 15 is 0 Å². The molecule has 1 aromatic carbocycles. The van der Waals surface area contributed by atoms with Gasteiger partial charge in [0, 0.05) is 26.3 Å². The summed E-state index contributed by atoms with van der Waals surface area (Å²) in [6.45, 7) is 2.27. The first-order chi connectivity index (χ1) is 11.5. The highest BCUT2D eigenvalue weighted by atomic mass is 16.5. The van der Waals surface area contributed by atoms with Crippen molar-refractivity contribution in [3.63, 3.8) is 0 Å². The summed E-state index contributed by atoms with van der Waals surface area (Å²) < 4.78 is 6.70. The number of ether oxygens (including phenoxy) is 1. The van der Waals surface area contributed by atoms with Crippen molar-refractivity contribution in [3.8, 4) is 6.07 Å². The summed E-state index contributed by atoms with van der Waals surface area (Å²) in [6, 6.07) is 11.9. The molecule has 6 nitrogen and oxygen atoms in total. The van der Waals surface area contributed by atoms with E-state index in [0.29, 0.717) is 23.5 Å². The van der Waals surface area contributed by atoms with Crippen molar-refractivity contribution >= 4 is 18.0 Å².